The molecule has 1 aromatic heterocycles. The van der Waals surface area contributed by atoms with E-state index in [4.69, 9.17) is 9.84 Å². The maximum Gasteiger partial charge on any atom is 0.412 e. The SMILES string of the molecule is COc1cc([N+](=O)[O-])cnc1N(C)C(=O)O. The number of rotatable bonds is 3. The smallest absolute Gasteiger partial charge is 0.412 e. The Morgan fingerprint density at radius 2 is 2.31 bits per heavy atom. The van der Waals surface area contributed by atoms with Crippen molar-refractivity contribution >= 4 is 17.6 Å². The summed E-state index contributed by atoms with van der Waals surface area (Å²) < 4.78 is 4.84. The van der Waals surface area contributed by atoms with E-state index in [-0.39, 0.29) is 17.3 Å². The second kappa shape index (κ2) is 4.43. The molecule has 0 aliphatic carbocycles. The number of carboxylic acid groups (broad SMARTS) is 1. The van der Waals surface area contributed by atoms with Gasteiger partial charge in [-0.2, -0.15) is 0 Å². The minimum Gasteiger partial charge on any atom is -0.493 e. The Hall–Kier alpha value is -2.38. The van der Waals surface area contributed by atoms with Gasteiger partial charge in [-0.1, -0.05) is 0 Å². The summed E-state index contributed by atoms with van der Waals surface area (Å²) in [7, 11) is 2.54. The molecule has 0 saturated heterocycles. The van der Waals surface area contributed by atoms with Gasteiger partial charge in [0.25, 0.3) is 5.69 Å². The summed E-state index contributed by atoms with van der Waals surface area (Å²) in [6.45, 7) is 0. The molecule has 86 valence electrons. The molecule has 0 aliphatic heterocycles. The summed E-state index contributed by atoms with van der Waals surface area (Å²) in [6.07, 6.45) is -0.267. The van der Waals surface area contributed by atoms with E-state index in [0.29, 0.717) is 0 Å². The van der Waals surface area contributed by atoms with Gasteiger partial charge in [0.05, 0.1) is 18.1 Å². The van der Waals surface area contributed by atoms with Crippen LogP contribution in [0.4, 0.5) is 16.3 Å². The van der Waals surface area contributed by atoms with Crippen LogP contribution in [0.15, 0.2) is 12.3 Å². The quantitative estimate of drug-likeness (QED) is 0.612. The highest BCUT2D eigenvalue weighted by molar-refractivity contribution is 5.86. The van der Waals surface area contributed by atoms with Gasteiger partial charge in [-0.05, 0) is 0 Å². The molecule has 1 heterocycles. The summed E-state index contributed by atoms with van der Waals surface area (Å²) >= 11 is 0. The molecule has 0 saturated carbocycles. The third kappa shape index (κ3) is 2.16. The number of nitrogens with zero attached hydrogens (tertiary/aromatic N) is 3. The van der Waals surface area contributed by atoms with E-state index in [1.165, 1.54) is 14.2 Å². The van der Waals surface area contributed by atoms with Crippen molar-refractivity contribution in [2.45, 2.75) is 0 Å². The van der Waals surface area contributed by atoms with Crippen molar-refractivity contribution in [3.63, 3.8) is 0 Å². The zero-order chi connectivity index (χ0) is 12.3. The number of anilines is 1. The van der Waals surface area contributed by atoms with Crippen LogP contribution in [0.5, 0.6) is 5.75 Å². The Labute approximate surface area is 90.2 Å². The van der Waals surface area contributed by atoms with Crippen LogP contribution in [0.25, 0.3) is 0 Å². The molecule has 0 bridgehead atoms. The first kappa shape index (κ1) is 11.7. The van der Waals surface area contributed by atoms with Crippen molar-refractivity contribution < 1.29 is 19.6 Å². The highest BCUT2D eigenvalue weighted by Crippen LogP contribution is 2.28. The van der Waals surface area contributed by atoms with E-state index in [2.05, 4.69) is 4.98 Å². The molecule has 0 unspecified atom stereocenters. The Bertz CT molecular complexity index is 434. The Morgan fingerprint density at radius 3 is 2.75 bits per heavy atom. The number of hydrogen-bond donors (Lipinski definition) is 1. The molecular weight excluding hydrogens is 218 g/mol. The fraction of sp³-hybridized carbons (Fsp3) is 0.250. The monoisotopic (exact) mass is 227 g/mol. The predicted molar refractivity (Wildman–Crippen MR) is 53.9 cm³/mol. The van der Waals surface area contributed by atoms with Gasteiger partial charge in [0.2, 0.25) is 0 Å². The number of nitro groups is 1. The Morgan fingerprint density at radius 1 is 1.69 bits per heavy atom. The largest absolute Gasteiger partial charge is 0.493 e. The average molecular weight is 227 g/mol. The number of hydrogen-bond acceptors (Lipinski definition) is 5. The zero-order valence-corrected chi connectivity index (χ0v) is 8.58. The summed E-state index contributed by atoms with van der Waals surface area (Å²) in [6, 6.07) is 1.11. The van der Waals surface area contributed by atoms with Gasteiger partial charge in [-0.25, -0.2) is 9.78 Å². The predicted octanol–water partition coefficient (Wildman–Crippen LogP) is 1.11. The minimum atomic E-state index is -1.24. The Kier molecular flexibility index (Phi) is 3.24. The molecule has 0 fully saturated rings. The molecule has 0 radical (unpaired) electrons. The van der Waals surface area contributed by atoms with Gasteiger partial charge >= 0.3 is 6.09 Å². The summed E-state index contributed by atoms with van der Waals surface area (Å²) in [5, 5.41) is 19.2. The van der Waals surface area contributed by atoms with Crippen molar-refractivity contribution in [2.24, 2.45) is 0 Å². The van der Waals surface area contributed by atoms with Gasteiger partial charge in [0.15, 0.2) is 11.6 Å². The molecular formula is C8H9N3O5. The number of methoxy groups -OCH3 is 1. The lowest BCUT2D eigenvalue weighted by Gasteiger charge is -2.14. The lowest BCUT2D eigenvalue weighted by Crippen LogP contribution is -2.25. The van der Waals surface area contributed by atoms with Crippen molar-refractivity contribution in [3.8, 4) is 5.75 Å². The molecule has 1 rings (SSSR count). The summed E-state index contributed by atoms with van der Waals surface area (Å²) in [5.74, 6) is 0.0275. The number of amides is 1. The first-order valence-corrected chi connectivity index (χ1v) is 4.12. The van der Waals surface area contributed by atoms with Gasteiger partial charge < -0.3 is 9.84 Å². The van der Waals surface area contributed by atoms with E-state index >= 15 is 0 Å². The van der Waals surface area contributed by atoms with Crippen molar-refractivity contribution in [2.75, 3.05) is 19.1 Å². The van der Waals surface area contributed by atoms with Crippen LogP contribution in [0.3, 0.4) is 0 Å². The van der Waals surface area contributed by atoms with Gasteiger partial charge in [0.1, 0.15) is 6.20 Å². The standard InChI is InChI=1S/C8H9N3O5/c1-10(8(12)13)7-6(16-2)3-5(4-9-7)11(14)15/h3-4H,1-2H3,(H,12,13). The van der Waals surface area contributed by atoms with Crippen LogP contribution < -0.4 is 9.64 Å². The van der Waals surface area contributed by atoms with E-state index in [1.54, 1.807) is 0 Å². The van der Waals surface area contributed by atoms with Crippen molar-refractivity contribution in [3.05, 3.63) is 22.4 Å². The molecule has 1 aromatic rings. The van der Waals surface area contributed by atoms with E-state index in [1.807, 2.05) is 0 Å². The maximum absolute atomic E-state index is 10.7. The topological polar surface area (TPSA) is 106 Å². The zero-order valence-electron chi connectivity index (χ0n) is 8.58. The fourth-order valence-electron chi connectivity index (χ4n) is 1.02. The molecule has 0 atom stereocenters. The highest BCUT2D eigenvalue weighted by atomic mass is 16.6. The van der Waals surface area contributed by atoms with Crippen LogP contribution in [-0.4, -0.2) is 35.3 Å². The lowest BCUT2D eigenvalue weighted by atomic mass is 10.3. The third-order valence-electron chi connectivity index (χ3n) is 1.85. The van der Waals surface area contributed by atoms with Crippen LogP contribution in [0.1, 0.15) is 0 Å². The fourth-order valence-corrected chi connectivity index (χ4v) is 1.02. The molecule has 16 heavy (non-hydrogen) atoms. The van der Waals surface area contributed by atoms with E-state index in [9.17, 15) is 14.9 Å². The summed E-state index contributed by atoms with van der Waals surface area (Å²) in [4.78, 5) is 25.0. The highest BCUT2D eigenvalue weighted by Gasteiger charge is 2.19. The maximum atomic E-state index is 10.7. The van der Waals surface area contributed by atoms with Crippen molar-refractivity contribution in [1.82, 2.24) is 4.98 Å². The second-order valence-corrected chi connectivity index (χ2v) is 2.82. The summed E-state index contributed by atoms with van der Waals surface area (Å²) in [5.41, 5.74) is -0.264. The number of carbonyl (C=O) groups is 1. The molecule has 1 N–H and O–H groups in total. The van der Waals surface area contributed by atoms with Gasteiger partial charge in [0, 0.05) is 7.05 Å². The van der Waals surface area contributed by atoms with Crippen molar-refractivity contribution in [1.29, 1.82) is 0 Å². The average Bonchev–Trinajstić information content (AvgIpc) is 2.26. The normalized spacial score (nSPS) is 9.62. The first-order valence-electron chi connectivity index (χ1n) is 4.12. The van der Waals surface area contributed by atoms with Gasteiger partial charge in [-0.3, -0.25) is 15.0 Å². The van der Waals surface area contributed by atoms with E-state index < -0.39 is 11.0 Å². The van der Waals surface area contributed by atoms with Crippen LogP contribution in [-0.2, 0) is 0 Å². The molecule has 1 amide bonds. The minimum absolute atomic E-state index is 0.000556. The van der Waals surface area contributed by atoms with Crippen LogP contribution in [0, 0.1) is 10.1 Å². The van der Waals surface area contributed by atoms with Crippen LogP contribution in [0.2, 0.25) is 0 Å². The Balaban J connectivity index is 3.21. The molecule has 8 heteroatoms. The van der Waals surface area contributed by atoms with Gasteiger partial charge in [-0.15, -0.1) is 0 Å². The first-order chi connectivity index (χ1) is 7.47. The second-order valence-electron chi connectivity index (χ2n) is 2.82. The molecule has 8 nitrogen and oxygen atoms in total. The molecule has 0 aliphatic rings. The number of aromatic nitrogens is 1. The number of ether oxygens (including phenoxy) is 1. The molecule has 0 aromatic carbocycles. The van der Waals surface area contributed by atoms with Crippen LogP contribution >= 0.6 is 0 Å². The lowest BCUT2D eigenvalue weighted by molar-refractivity contribution is -0.385. The molecule has 0 spiro atoms. The van der Waals surface area contributed by atoms with E-state index in [0.717, 1.165) is 17.2 Å². The third-order valence-corrected chi connectivity index (χ3v) is 1.85. The number of pyridine rings is 1.